The maximum absolute atomic E-state index is 12.0. The normalized spacial score (nSPS) is 10.3. The average molecular weight is 368 g/mol. The van der Waals surface area contributed by atoms with Crippen LogP contribution >= 0.6 is 23.2 Å². The molecule has 0 heterocycles. The molecule has 6 nitrogen and oxygen atoms in total. The molecule has 0 fully saturated rings. The molecule has 0 aliphatic carbocycles. The number of aryl methyl sites for hydroxylation is 2. The molecule has 2 aromatic carbocycles. The molecule has 0 radical (unpaired) electrons. The Morgan fingerprint density at radius 3 is 2.50 bits per heavy atom. The zero-order valence-electron chi connectivity index (χ0n) is 13.0. The maximum Gasteiger partial charge on any atom is 0.274 e. The smallest absolute Gasteiger partial charge is 0.274 e. The lowest BCUT2D eigenvalue weighted by Crippen LogP contribution is -2.22. The second-order valence-electron chi connectivity index (χ2n) is 5.24. The predicted molar refractivity (Wildman–Crippen MR) is 96.2 cm³/mol. The summed E-state index contributed by atoms with van der Waals surface area (Å²) in [5, 5.41) is 17.4. The number of anilines is 2. The van der Waals surface area contributed by atoms with Gasteiger partial charge in [-0.2, -0.15) is 0 Å². The Labute approximate surface area is 148 Å². The third kappa shape index (κ3) is 4.37. The Morgan fingerprint density at radius 1 is 1.12 bits per heavy atom. The molecule has 2 rings (SSSR count). The first kappa shape index (κ1) is 18.0. The van der Waals surface area contributed by atoms with Crippen LogP contribution in [-0.2, 0) is 4.79 Å². The molecular formula is C16H15Cl2N3O3. The number of halogens is 2. The van der Waals surface area contributed by atoms with Gasteiger partial charge in [-0.15, -0.1) is 0 Å². The number of rotatable bonds is 5. The molecule has 0 saturated heterocycles. The molecule has 8 heteroatoms. The van der Waals surface area contributed by atoms with E-state index < -0.39 is 4.92 Å². The minimum Gasteiger partial charge on any atom is -0.376 e. The number of nitrogens with one attached hydrogen (secondary N) is 2. The van der Waals surface area contributed by atoms with Crippen molar-refractivity contribution >= 4 is 46.2 Å². The van der Waals surface area contributed by atoms with E-state index in [4.69, 9.17) is 23.2 Å². The molecule has 0 bridgehead atoms. The highest BCUT2D eigenvalue weighted by molar-refractivity contribution is 6.35. The van der Waals surface area contributed by atoms with Crippen LogP contribution in [0.4, 0.5) is 17.1 Å². The van der Waals surface area contributed by atoms with E-state index in [9.17, 15) is 14.9 Å². The van der Waals surface area contributed by atoms with Crippen LogP contribution in [0.25, 0.3) is 0 Å². The Kier molecular flexibility index (Phi) is 5.64. The fourth-order valence-corrected chi connectivity index (χ4v) is 2.53. The van der Waals surface area contributed by atoms with Crippen molar-refractivity contribution in [2.75, 3.05) is 17.2 Å². The lowest BCUT2D eigenvalue weighted by Gasteiger charge is -2.12. The first-order valence-corrected chi connectivity index (χ1v) is 7.78. The van der Waals surface area contributed by atoms with Gasteiger partial charge in [0.05, 0.1) is 22.2 Å². The molecule has 0 aliphatic heterocycles. The summed E-state index contributed by atoms with van der Waals surface area (Å²) in [6.07, 6.45) is 0. The molecule has 1 amide bonds. The van der Waals surface area contributed by atoms with Crippen LogP contribution in [0.1, 0.15) is 11.1 Å². The summed E-state index contributed by atoms with van der Waals surface area (Å²) in [7, 11) is 0. The Hall–Kier alpha value is -2.31. The maximum atomic E-state index is 12.0. The van der Waals surface area contributed by atoms with E-state index in [1.54, 1.807) is 31.2 Å². The molecular weight excluding hydrogens is 353 g/mol. The number of hydrogen-bond acceptors (Lipinski definition) is 4. The summed E-state index contributed by atoms with van der Waals surface area (Å²) in [6.45, 7) is 3.41. The van der Waals surface area contributed by atoms with Crippen LogP contribution in [0, 0.1) is 24.0 Å². The third-order valence-electron chi connectivity index (χ3n) is 3.38. The third-order valence-corrected chi connectivity index (χ3v) is 3.95. The summed E-state index contributed by atoms with van der Waals surface area (Å²) in [6, 6.07) is 7.87. The molecule has 2 aromatic rings. The highest BCUT2D eigenvalue weighted by Gasteiger charge is 2.14. The first-order chi connectivity index (χ1) is 11.3. The van der Waals surface area contributed by atoms with E-state index in [-0.39, 0.29) is 18.1 Å². The van der Waals surface area contributed by atoms with Crippen molar-refractivity contribution in [2.24, 2.45) is 0 Å². The van der Waals surface area contributed by atoms with Crippen LogP contribution < -0.4 is 10.6 Å². The quantitative estimate of drug-likeness (QED) is 0.598. The molecule has 0 aromatic heterocycles. The van der Waals surface area contributed by atoms with Crippen molar-refractivity contribution in [3.63, 3.8) is 0 Å². The Balaban J connectivity index is 2.08. The van der Waals surface area contributed by atoms with Gasteiger partial charge in [-0.05, 0) is 43.7 Å². The lowest BCUT2D eigenvalue weighted by atomic mass is 10.1. The number of hydrogen-bond donors (Lipinski definition) is 2. The zero-order chi connectivity index (χ0) is 17.9. The number of nitro benzene ring substituents is 1. The number of carbonyl (C=O) groups excluding carboxylic acids is 1. The number of amides is 1. The zero-order valence-corrected chi connectivity index (χ0v) is 14.5. The summed E-state index contributed by atoms with van der Waals surface area (Å²) in [4.78, 5) is 22.6. The Bertz CT molecular complexity index is 809. The van der Waals surface area contributed by atoms with Crippen LogP contribution in [0.2, 0.25) is 10.0 Å². The SMILES string of the molecule is Cc1cc(C)c([N+](=O)[O-])cc1NCC(=O)Nc1cc(Cl)ccc1Cl. The predicted octanol–water partition coefficient (Wildman–Crippen LogP) is 4.57. The highest BCUT2D eigenvalue weighted by Crippen LogP contribution is 2.27. The number of benzene rings is 2. The largest absolute Gasteiger partial charge is 0.376 e. The topological polar surface area (TPSA) is 84.3 Å². The fraction of sp³-hybridized carbons (Fsp3) is 0.188. The minimum absolute atomic E-state index is 0.00129. The van der Waals surface area contributed by atoms with Gasteiger partial charge in [-0.25, -0.2) is 0 Å². The van der Waals surface area contributed by atoms with E-state index in [0.717, 1.165) is 5.56 Å². The highest BCUT2D eigenvalue weighted by atomic mass is 35.5. The van der Waals surface area contributed by atoms with Gasteiger partial charge in [0, 0.05) is 22.3 Å². The first-order valence-electron chi connectivity index (χ1n) is 7.02. The van der Waals surface area contributed by atoms with Gasteiger partial charge in [0.2, 0.25) is 5.91 Å². The van der Waals surface area contributed by atoms with Gasteiger partial charge in [0.15, 0.2) is 0 Å². The van der Waals surface area contributed by atoms with Crippen LogP contribution in [-0.4, -0.2) is 17.4 Å². The lowest BCUT2D eigenvalue weighted by molar-refractivity contribution is -0.385. The minimum atomic E-state index is -0.453. The van der Waals surface area contributed by atoms with Gasteiger partial charge in [0.25, 0.3) is 5.69 Å². The molecule has 126 valence electrons. The molecule has 0 atom stereocenters. The van der Waals surface area contributed by atoms with Crippen molar-refractivity contribution in [3.05, 3.63) is 61.6 Å². The van der Waals surface area contributed by atoms with E-state index in [1.807, 2.05) is 6.92 Å². The second kappa shape index (κ2) is 7.51. The van der Waals surface area contributed by atoms with Crippen LogP contribution in [0.5, 0.6) is 0 Å². The van der Waals surface area contributed by atoms with Crippen LogP contribution in [0.15, 0.2) is 30.3 Å². The van der Waals surface area contributed by atoms with Gasteiger partial charge in [0.1, 0.15) is 0 Å². The van der Waals surface area contributed by atoms with Crippen molar-refractivity contribution < 1.29 is 9.72 Å². The fourth-order valence-electron chi connectivity index (χ4n) is 2.19. The summed E-state index contributed by atoms with van der Waals surface area (Å²) < 4.78 is 0. The molecule has 0 saturated carbocycles. The van der Waals surface area contributed by atoms with Crippen LogP contribution in [0.3, 0.4) is 0 Å². The number of nitro groups is 1. The van der Waals surface area contributed by atoms with Crippen molar-refractivity contribution in [1.82, 2.24) is 0 Å². The van der Waals surface area contributed by atoms with E-state index in [1.165, 1.54) is 6.07 Å². The summed E-state index contributed by atoms with van der Waals surface area (Å²) >= 11 is 11.9. The molecule has 0 spiro atoms. The molecule has 24 heavy (non-hydrogen) atoms. The molecule has 0 unspecified atom stereocenters. The molecule has 2 N–H and O–H groups in total. The monoisotopic (exact) mass is 367 g/mol. The number of carbonyl (C=O) groups is 1. The average Bonchev–Trinajstić information content (AvgIpc) is 2.49. The van der Waals surface area contributed by atoms with E-state index in [2.05, 4.69) is 10.6 Å². The van der Waals surface area contributed by atoms with Gasteiger partial charge < -0.3 is 10.6 Å². The van der Waals surface area contributed by atoms with Crippen molar-refractivity contribution in [3.8, 4) is 0 Å². The van der Waals surface area contributed by atoms with Gasteiger partial charge in [-0.1, -0.05) is 23.2 Å². The molecule has 0 aliphatic rings. The summed E-state index contributed by atoms with van der Waals surface area (Å²) in [5.74, 6) is -0.346. The van der Waals surface area contributed by atoms with Crippen molar-refractivity contribution in [2.45, 2.75) is 13.8 Å². The standard InChI is InChI=1S/C16H15Cl2N3O3/c1-9-5-10(2)15(21(23)24)7-13(9)19-8-16(22)20-14-6-11(17)3-4-12(14)18/h3-7,19H,8H2,1-2H3,(H,20,22). The van der Waals surface area contributed by atoms with Gasteiger partial charge in [-0.3, -0.25) is 14.9 Å². The van der Waals surface area contributed by atoms with E-state index >= 15 is 0 Å². The number of nitrogens with zero attached hydrogens (tertiary/aromatic N) is 1. The Morgan fingerprint density at radius 2 is 1.83 bits per heavy atom. The second-order valence-corrected chi connectivity index (χ2v) is 6.08. The van der Waals surface area contributed by atoms with Gasteiger partial charge >= 0.3 is 0 Å². The van der Waals surface area contributed by atoms with Crippen molar-refractivity contribution in [1.29, 1.82) is 0 Å². The summed E-state index contributed by atoms with van der Waals surface area (Å²) in [5.41, 5.74) is 2.31. The van der Waals surface area contributed by atoms with E-state index in [0.29, 0.717) is 27.0 Å².